The number of anilines is 2. The number of hydrogen-bond donors (Lipinski definition) is 1. The molecular formula is C18H15F4N3O2S. The zero-order valence-electron chi connectivity index (χ0n) is 14.8. The second-order valence-corrected chi connectivity index (χ2v) is 6.91. The minimum absolute atomic E-state index is 0.141. The standard InChI is InChI=1S/C18H15F4N3O2S/c1-25(17-24-16-13(27-2)4-3-5-14(16)28-17)9-15(26)23-10-6-7-12(19)11(8-10)18(20,21)22/h3-8H,9H2,1-2H3,(H,23,26). The molecule has 0 atom stereocenters. The Kier molecular flexibility index (Phi) is 5.41. The topological polar surface area (TPSA) is 54.5 Å². The van der Waals surface area contributed by atoms with Gasteiger partial charge in [-0.05, 0) is 30.3 Å². The van der Waals surface area contributed by atoms with Crippen LogP contribution in [0, 0.1) is 5.82 Å². The number of hydrogen-bond acceptors (Lipinski definition) is 5. The van der Waals surface area contributed by atoms with E-state index in [1.807, 2.05) is 12.1 Å². The Balaban J connectivity index is 1.73. The number of alkyl halides is 3. The molecule has 0 aliphatic carbocycles. The van der Waals surface area contributed by atoms with Gasteiger partial charge >= 0.3 is 6.18 Å². The minimum atomic E-state index is -4.85. The van der Waals surface area contributed by atoms with E-state index in [1.165, 1.54) is 18.4 Å². The lowest BCUT2D eigenvalue weighted by molar-refractivity contribution is -0.140. The number of rotatable bonds is 5. The third-order valence-electron chi connectivity index (χ3n) is 3.85. The van der Waals surface area contributed by atoms with Crippen molar-refractivity contribution < 1.29 is 27.1 Å². The molecule has 0 radical (unpaired) electrons. The highest BCUT2D eigenvalue weighted by molar-refractivity contribution is 7.22. The van der Waals surface area contributed by atoms with Crippen molar-refractivity contribution in [3.05, 3.63) is 47.8 Å². The molecule has 2 aromatic carbocycles. The number of carbonyl (C=O) groups is 1. The monoisotopic (exact) mass is 413 g/mol. The molecule has 0 fully saturated rings. The normalized spacial score (nSPS) is 11.5. The molecule has 0 bridgehead atoms. The van der Waals surface area contributed by atoms with Crippen LogP contribution in [0.3, 0.4) is 0 Å². The number of likely N-dealkylation sites (N-methyl/N-ethyl adjacent to an activating group) is 1. The van der Waals surface area contributed by atoms with Gasteiger partial charge in [-0.2, -0.15) is 13.2 Å². The average Bonchev–Trinajstić information content (AvgIpc) is 3.06. The Morgan fingerprint density at radius 3 is 2.71 bits per heavy atom. The van der Waals surface area contributed by atoms with E-state index in [2.05, 4.69) is 10.3 Å². The summed E-state index contributed by atoms with van der Waals surface area (Å²) < 4.78 is 57.8. The van der Waals surface area contributed by atoms with Crippen LogP contribution in [0.4, 0.5) is 28.4 Å². The van der Waals surface area contributed by atoms with Gasteiger partial charge in [-0.3, -0.25) is 4.79 Å². The third-order valence-corrected chi connectivity index (χ3v) is 4.99. The van der Waals surface area contributed by atoms with Crippen molar-refractivity contribution in [3.63, 3.8) is 0 Å². The van der Waals surface area contributed by atoms with Crippen molar-refractivity contribution >= 4 is 38.3 Å². The summed E-state index contributed by atoms with van der Waals surface area (Å²) in [7, 11) is 3.17. The van der Waals surface area contributed by atoms with E-state index >= 15 is 0 Å². The number of nitrogens with zero attached hydrogens (tertiary/aromatic N) is 2. The zero-order valence-corrected chi connectivity index (χ0v) is 15.6. The van der Waals surface area contributed by atoms with Gasteiger partial charge in [0.1, 0.15) is 17.1 Å². The molecule has 1 aromatic heterocycles. The first-order valence-corrected chi connectivity index (χ1v) is 8.82. The molecule has 148 valence electrons. The average molecular weight is 413 g/mol. The lowest BCUT2D eigenvalue weighted by Crippen LogP contribution is -2.30. The lowest BCUT2D eigenvalue weighted by Gasteiger charge is -2.16. The quantitative estimate of drug-likeness (QED) is 0.624. The van der Waals surface area contributed by atoms with Crippen molar-refractivity contribution in [2.75, 3.05) is 30.9 Å². The first kappa shape index (κ1) is 19.9. The summed E-state index contributed by atoms with van der Waals surface area (Å²) in [5, 5.41) is 2.89. The van der Waals surface area contributed by atoms with Crippen molar-refractivity contribution in [2.45, 2.75) is 6.18 Å². The number of para-hydroxylation sites is 1. The molecule has 0 aliphatic rings. The third kappa shape index (κ3) is 4.16. The molecule has 10 heteroatoms. The predicted octanol–water partition coefficient (Wildman–Crippen LogP) is 4.54. The van der Waals surface area contributed by atoms with Crippen molar-refractivity contribution in [1.82, 2.24) is 4.98 Å². The SMILES string of the molecule is COc1cccc2sc(N(C)CC(=O)Nc3ccc(F)c(C(F)(F)F)c3)nc12. The second-order valence-electron chi connectivity index (χ2n) is 5.90. The number of aromatic nitrogens is 1. The number of fused-ring (bicyclic) bond motifs is 1. The van der Waals surface area contributed by atoms with Crippen molar-refractivity contribution in [1.29, 1.82) is 0 Å². The Hall–Kier alpha value is -2.88. The molecule has 1 amide bonds. The largest absolute Gasteiger partial charge is 0.494 e. The van der Waals surface area contributed by atoms with Gasteiger partial charge in [0.2, 0.25) is 5.91 Å². The molecule has 0 saturated carbocycles. The Morgan fingerprint density at radius 1 is 1.29 bits per heavy atom. The van der Waals surface area contributed by atoms with Crippen LogP contribution >= 0.6 is 11.3 Å². The van der Waals surface area contributed by atoms with Crippen LogP contribution < -0.4 is 15.0 Å². The highest BCUT2D eigenvalue weighted by Gasteiger charge is 2.34. The van der Waals surface area contributed by atoms with Crippen LogP contribution in [-0.2, 0) is 11.0 Å². The molecule has 0 spiro atoms. The molecule has 1 N–H and O–H groups in total. The van der Waals surface area contributed by atoms with Crippen molar-refractivity contribution in [3.8, 4) is 5.75 Å². The number of ether oxygens (including phenoxy) is 1. The summed E-state index contributed by atoms with van der Waals surface area (Å²) in [5.74, 6) is -1.36. The van der Waals surface area contributed by atoms with Gasteiger partial charge in [0.05, 0.1) is 23.9 Å². The van der Waals surface area contributed by atoms with Gasteiger partial charge in [-0.15, -0.1) is 0 Å². The molecule has 5 nitrogen and oxygen atoms in total. The fraction of sp³-hybridized carbons (Fsp3) is 0.222. The maximum atomic E-state index is 13.3. The molecule has 0 aliphatic heterocycles. The maximum Gasteiger partial charge on any atom is 0.419 e. The molecule has 0 unspecified atom stereocenters. The maximum absolute atomic E-state index is 13.3. The van der Waals surface area contributed by atoms with E-state index in [-0.39, 0.29) is 12.2 Å². The first-order valence-electron chi connectivity index (χ1n) is 8.00. The van der Waals surface area contributed by atoms with Gasteiger partial charge in [-0.25, -0.2) is 9.37 Å². The smallest absolute Gasteiger partial charge is 0.419 e. The van der Waals surface area contributed by atoms with Crippen LogP contribution in [0.25, 0.3) is 10.2 Å². The summed E-state index contributed by atoms with van der Waals surface area (Å²) in [4.78, 5) is 18.2. The highest BCUT2D eigenvalue weighted by Crippen LogP contribution is 2.34. The predicted molar refractivity (Wildman–Crippen MR) is 99.5 cm³/mol. The second kappa shape index (κ2) is 7.63. The van der Waals surface area contributed by atoms with E-state index in [4.69, 9.17) is 4.74 Å². The Morgan fingerprint density at radius 2 is 2.04 bits per heavy atom. The summed E-state index contributed by atoms with van der Waals surface area (Å²) in [6, 6.07) is 7.76. The van der Waals surface area contributed by atoms with Gasteiger partial charge in [-0.1, -0.05) is 17.4 Å². The fourth-order valence-electron chi connectivity index (χ4n) is 2.54. The minimum Gasteiger partial charge on any atom is -0.494 e. The van der Waals surface area contributed by atoms with E-state index in [0.29, 0.717) is 28.5 Å². The molecule has 1 heterocycles. The number of thiazole rings is 1. The number of carbonyl (C=O) groups excluding carboxylic acids is 1. The molecule has 3 rings (SSSR count). The number of methoxy groups -OCH3 is 1. The zero-order chi connectivity index (χ0) is 20.5. The fourth-order valence-corrected chi connectivity index (χ4v) is 3.49. The summed E-state index contributed by atoms with van der Waals surface area (Å²) in [6.45, 7) is -0.152. The van der Waals surface area contributed by atoms with Crippen LogP contribution in [0.5, 0.6) is 5.75 Å². The molecule has 28 heavy (non-hydrogen) atoms. The molecule has 0 saturated heterocycles. The van der Waals surface area contributed by atoms with Crippen LogP contribution in [0.2, 0.25) is 0 Å². The highest BCUT2D eigenvalue weighted by atomic mass is 32.1. The lowest BCUT2D eigenvalue weighted by atomic mass is 10.2. The first-order chi connectivity index (χ1) is 13.2. The number of halogens is 4. The van der Waals surface area contributed by atoms with E-state index in [0.717, 1.165) is 10.8 Å². The van der Waals surface area contributed by atoms with E-state index < -0.39 is 23.5 Å². The number of benzene rings is 2. The molecule has 3 aromatic rings. The van der Waals surface area contributed by atoms with Crippen LogP contribution in [0.15, 0.2) is 36.4 Å². The Bertz CT molecular complexity index is 1020. The van der Waals surface area contributed by atoms with E-state index in [1.54, 1.807) is 18.0 Å². The van der Waals surface area contributed by atoms with Gasteiger partial charge in [0.25, 0.3) is 0 Å². The van der Waals surface area contributed by atoms with Crippen LogP contribution in [0.1, 0.15) is 5.56 Å². The van der Waals surface area contributed by atoms with Crippen molar-refractivity contribution in [2.24, 2.45) is 0 Å². The summed E-state index contributed by atoms with van der Waals surface area (Å²) in [5.41, 5.74) is -0.916. The van der Waals surface area contributed by atoms with Gasteiger partial charge in [0.15, 0.2) is 5.13 Å². The number of nitrogens with one attached hydrogen (secondary N) is 1. The van der Waals surface area contributed by atoms with Gasteiger partial charge < -0.3 is 15.0 Å². The van der Waals surface area contributed by atoms with Gasteiger partial charge in [0, 0.05) is 12.7 Å². The Labute approximate surface area is 161 Å². The number of amides is 1. The molecular weight excluding hydrogens is 398 g/mol. The summed E-state index contributed by atoms with van der Waals surface area (Å²) in [6.07, 6.45) is -4.85. The summed E-state index contributed by atoms with van der Waals surface area (Å²) >= 11 is 1.35. The van der Waals surface area contributed by atoms with Crippen LogP contribution in [-0.4, -0.2) is 31.6 Å². The van der Waals surface area contributed by atoms with E-state index in [9.17, 15) is 22.4 Å².